The highest BCUT2D eigenvalue weighted by atomic mass is 16.5. The number of rotatable bonds is 18. The van der Waals surface area contributed by atoms with Crippen LogP contribution >= 0.6 is 0 Å². The topological polar surface area (TPSA) is 179 Å². The highest BCUT2D eigenvalue weighted by molar-refractivity contribution is 6.07. The van der Waals surface area contributed by atoms with E-state index in [-0.39, 0.29) is 33.9 Å². The number of ether oxygens (including phenoxy) is 3. The fourth-order valence-corrected chi connectivity index (χ4v) is 5.71. The Morgan fingerprint density at radius 2 is 0.655 bits per heavy atom. The van der Waals surface area contributed by atoms with Gasteiger partial charge in [0.05, 0.1) is 16.7 Å². The third-order valence-electron chi connectivity index (χ3n) is 8.81. The maximum Gasteiger partial charge on any atom is 0.259 e. The molecule has 6 N–H and O–H groups in total. The maximum absolute atomic E-state index is 12.6. The molecule has 0 heterocycles. The predicted molar refractivity (Wildman–Crippen MR) is 220 cm³/mol. The highest BCUT2D eigenvalue weighted by Crippen LogP contribution is 2.23. The molecular formula is C45H42N4O9. The van der Waals surface area contributed by atoms with Crippen LogP contribution < -0.4 is 30.2 Å². The van der Waals surface area contributed by atoms with Crippen molar-refractivity contribution in [3.63, 3.8) is 0 Å². The van der Waals surface area contributed by atoms with Crippen molar-refractivity contribution in [1.82, 2.24) is 4.90 Å². The van der Waals surface area contributed by atoms with Crippen LogP contribution in [0.5, 0.6) is 34.5 Å². The van der Waals surface area contributed by atoms with Crippen molar-refractivity contribution in [3.8, 4) is 34.5 Å². The monoisotopic (exact) mass is 782 g/mol. The number of carbonyl (C=O) groups is 3. The Bertz CT molecular complexity index is 2040. The SMILES string of the molecule is O=C(Nc1ccc(OCCN(CCOc2ccc(NC(=O)c3ccccc3O)cc2)CCOc2ccc(NC(=O)c3ccccc3O)cc2)cc1)c1ccccc1O. The lowest BCUT2D eigenvalue weighted by Crippen LogP contribution is -2.35. The van der Waals surface area contributed by atoms with Crippen molar-refractivity contribution in [3.05, 3.63) is 162 Å². The maximum atomic E-state index is 12.6. The molecule has 0 unspecified atom stereocenters. The summed E-state index contributed by atoms with van der Waals surface area (Å²) < 4.78 is 18.1. The molecule has 58 heavy (non-hydrogen) atoms. The van der Waals surface area contributed by atoms with E-state index < -0.39 is 17.7 Å². The van der Waals surface area contributed by atoms with E-state index in [1.54, 1.807) is 127 Å². The summed E-state index contributed by atoms with van der Waals surface area (Å²) in [5.41, 5.74) is 2.17. The van der Waals surface area contributed by atoms with Crippen molar-refractivity contribution in [1.29, 1.82) is 0 Å². The van der Waals surface area contributed by atoms with E-state index in [9.17, 15) is 29.7 Å². The Labute approximate surface area is 335 Å². The standard InChI is InChI=1S/C45H42N4O9/c50-40-10-4-1-7-37(40)43(53)46-31-13-19-34(20-14-31)56-28-25-49(26-29-57-35-21-15-32(16-22-35)47-44(54)38-8-2-5-11-41(38)51)27-30-58-36-23-17-33(18-24-36)48-45(55)39-9-3-6-12-42(39)52/h1-24,50-52H,25-30H2,(H,46,53)(H,47,54)(H,48,55). The van der Waals surface area contributed by atoms with E-state index in [1.165, 1.54) is 18.2 Å². The van der Waals surface area contributed by atoms with Crippen LogP contribution in [0.15, 0.2) is 146 Å². The molecule has 3 amide bonds. The predicted octanol–water partition coefficient (Wildman–Crippen LogP) is 7.40. The summed E-state index contributed by atoms with van der Waals surface area (Å²) in [5, 5.41) is 38.3. The molecule has 6 rings (SSSR count). The molecule has 0 saturated carbocycles. The van der Waals surface area contributed by atoms with Gasteiger partial charge in [-0.1, -0.05) is 36.4 Å². The number of anilines is 3. The molecule has 296 valence electrons. The number of phenolic OH excluding ortho intramolecular Hbond substituents is 3. The summed E-state index contributed by atoms with van der Waals surface area (Å²) in [7, 11) is 0. The molecule has 13 nitrogen and oxygen atoms in total. The van der Waals surface area contributed by atoms with E-state index in [0.717, 1.165) is 0 Å². The Morgan fingerprint density at radius 3 is 0.914 bits per heavy atom. The van der Waals surface area contributed by atoms with E-state index >= 15 is 0 Å². The van der Waals surface area contributed by atoms with Gasteiger partial charge in [-0.25, -0.2) is 0 Å². The molecule has 0 aliphatic rings. The number of para-hydroxylation sites is 3. The lowest BCUT2D eigenvalue weighted by molar-refractivity contribution is 0.101. The number of hydrogen-bond acceptors (Lipinski definition) is 10. The summed E-state index contributed by atoms with van der Waals surface area (Å²) in [6.45, 7) is 2.65. The number of amides is 3. The number of phenols is 3. The zero-order valence-electron chi connectivity index (χ0n) is 31.3. The Hall–Kier alpha value is -7.51. The summed E-state index contributed by atoms with van der Waals surface area (Å²) in [6.07, 6.45) is 0. The fourth-order valence-electron chi connectivity index (χ4n) is 5.71. The normalized spacial score (nSPS) is 10.7. The smallest absolute Gasteiger partial charge is 0.259 e. The van der Waals surface area contributed by atoms with Crippen molar-refractivity contribution in [2.45, 2.75) is 0 Å². The van der Waals surface area contributed by atoms with Gasteiger partial charge in [0.15, 0.2) is 0 Å². The van der Waals surface area contributed by atoms with Crippen LogP contribution in [-0.2, 0) is 0 Å². The second-order valence-electron chi connectivity index (χ2n) is 12.9. The number of hydrogen-bond donors (Lipinski definition) is 6. The van der Waals surface area contributed by atoms with Crippen LogP contribution in [0.3, 0.4) is 0 Å². The molecule has 6 aromatic carbocycles. The molecule has 0 saturated heterocycles. The molecular weight excluding hydrogens is 741 g/mol. The first-order valence-corrected chi connectivity index (χ1v) is 18.4. The molecule has 0 fully saturated rings. The minimum Gasteiger partial charge on any atom is -0.507 e. The zero-order chi connectivity index (χ0) is 40.7. The van der Waals surface area contributed by atoms with Crippen molar-refractivity contribution in [2.75, 3.05) is 55.4 Å². The average Bonchev–Trinajstić information content (AvgIpc) is 3.23. The quantitative estimate of drug-likeness (QED) is 0.0515. The largest absolute Gasteiger partial charge is 0.507 e. The van der Waals surface area contributed by atoms with Gasteiger partial charge >= 0.3 is 0 Å². The average molecular weight is 783 g/mol. The van der Waals surface area contributed by atoms with Gasteiger partial charge in [-0.15, -0.1) is 0 Å². The van der Waals surface area contributed by atoms with E-state index in [4.69, 9.17) is 14.2 Å². The molecule has 0 atom stereocenters. The third-order valence-corrected chi connectivity index (χ3v) is 8.81. The van der Waals surface area contributed by atoms with Gasteiger partial charge in [0.25, 0.3) is 17.7 Å². The van der Waals surface area contributed by atoms with Crippen molar-refractivity contribution >= 4 is 34.8 Å². The highest BCUT2D eigenvalue weighted by Gasteiger charge is 2.14. The lowest BCUT2D eigenvalue weighted by Gasteiger charge is -2.23. The first-order valence-electron chi connectivity index (χ1n) is 18.4. The van der Waals surface area contributed by atoms with Gasteiger partial charge in [-0.2, -0.15) is 0 Å². The van der Waals surface area contributed by atoms with E-state index in [1.807, 2.05) is 0 Å². The summed E-state index contributed by atoms with van der Waals surface area (Å²) >= 11 is 0. The fraction of sp³-hybridized carbons (Fsp3) is 0.133. The zero-order valence-corrected chi connectivity index (χ0v) is 31.3. The number of aromatic hydroxyl groups is 3. The van der Waals surface area contributed by atoms with Crippen LogP contribution in [0.4, 0.5) is 17.1 Å². The molecule has 0 bridgehead atoms. The van der Waals surface area contributed by atoms with Gasteiger partial charge < -0.3 is 45.5 Å². The molecule has 0 radical (unpaired) electrons. The van der Waals surface area contributed by atoms with Crippen LogP contribution in [-0.4, -0.2) is 77.4 Å². The Balaban J connectivity index is 1.00. The van der Waals surface area contributed by atoms with Crippen LogP contribution in [0, 0.1) is 0 Å². The first-order chi connectivity index (χ1) is 28.2. The Kier molecular flexibility index (Phi) is 13.8. The van der Waals surface area contributed by atoms with Gasteiger partial charge in [-0.05, 0) is 109 Å². The number of benzene rings is 6. The van der Waals surface area contributed by atoms with Gasteiger partial charge in [0.2, 0.25) is 0 Å². The number of nitrogens with zero attached hydrogens (tertiary/aromatic N) is 1. The summed E-state index contributed by atoms with van der Waals surface area (Å²) in [6, 6.07) is 39.8. The van der Waals surface area contributed by atoms with Crippen LogP contribution in [0.2, 0.25) is 0 Å². The second kappa shape index (κ2) is 19.9. The third kappa shape index (κ3) is 11.5. The minimum atomic E-state index is -0.425. The van der Waals surface area contributed by atoms with Gasteiger partial charge in [0, 0.05) is 36.7 Å². The summed E-state index contributed by atoms with van der Waals surface area (Å²) in [5.74, 6) is 0.245. The van der Waals surface area contributed by atoms with Crippen LogP contribution in [0.25, 0.3) is 0 Å². The molecule has 0 aromatic heterocycles. The molecule has 0 aliphatic carbocycles. The molecule has 6 aromatic rings. The number of nitrogens with one attached hydrogen (secondary N) is 3. The van der Waals surface area contributed by atoms with Gasteiger partial charge in [-0.3, -0.25) is 19.3 Å². The molecule has 13 heteroatoms. The lowest BCUT2D eigenvalue weighted by atomic mass is 10.2. The molecule has 0 aliphatic heterocycles. The van der Waals surface area contributed by atoms with Crippen molar-refractivity contribution < 1.29 is 43.9 Å². The van der Waals surface area contributed by atoms with E-state index in [0.29, 0.717) is 73.8 Å². The van der Waals surface area contributed by atoms with E-state index in [2.05, 4.69) is 20.9 Å². The first kappa shape index (κ1) is 40.2. The van der Waals surface area contributed by atoms with Gasteiger partial charge in [0.1, 0.15) is 54.3 Å². The van der Waals surface area contributed by atoms with Crippen molar-refractivity contribution in [2.24, 2.45) is 0 Å². The number of carbonyl (C=O) groups excluding carboxylic acids is 3. The summed E-state index contributed by atoms with van der Waals surface area (Å²) in [4.78, 5) is 39.8. The second-order valence-corrected chi connectivity index (χ2v) is 12.9. The van der Waals surface area contributed by atoms with Crippen LogP contribution in [0.1, 0.15) is 31.1 Å². The molecule has 0 spiro atoms. The Morgan fingerprint density at radius 1 is 0.397 bits per heavy atom. The minimum absolute atomic E-state index is 0.102.